The van der Waals surface area contributed by atoms with Crippen molar-refractivity contribution in [3.8, 4) is 0 Å². The second kappa shape index (κ2) is 3.46. The van der Waals surface area contributed by atoms with Crippen LogP contribution in [0.4, 0.5) is 0 Å². The summed E-state index contributed by atoms with van der Waals surface area (Å²) < 4.78 is 4.55. The van der Waals surface area contributed by atoms with Gasteiger partial charge < -0.3 is 30.3 Å². The van der Waals surface area contributed by atoms with Crippen LogP contribution in [0, 0.1) is 0 Å². The van der Waals surface area contributed by atoms with Gasteiger partial charge in [0.15, 0.2) is 12.0 Å². The van der Waals surface area contributed by atoms with Gasteiger partial charge in [0.05, 0.1) is 6.61 Å². The number of aliphatic hydroxyl groups is 5. The Morgan fingerprint density at radius 3 is 2.31 bits per heavy atom. The molecule has 1 heterocycles. The van der Waals surface area contributed by atoms with E-state index in [4.69, 9.17) is 21.1 Å². The predicted molar refractivity (Wildman–Crippen MR) is 39.1 cm³/mol. The Kier molecular flexibility index (Phi) is 2.88. The van der Waals surface area contributed by atoms with Crippen LogP contribution in [0.3, 0.4) is 0 Å². The first-order chi connectivity index (χ1) is 5.91. The standard InChI is InChI=1S/C6H13NO6/c7-6(12)2(1-8)13-5(11)3(9)4(6)10/h2-5,8-12H,1,7H2/t2-,3-,4-,5+,6-/m1/s1. The molecule has 0 unspecified atom stereocenters. The van der Waals surface area contributed by atoms with Crippen molar-refractivity contribution in [1.29, 1.82) is 0 Å². The second-order valence-corrected chi connectivity index (χ2v) is 3.02. The molecular weight excluding hydrogens is 182 g/mol. The van der Waals surface area contributed by atoms with Crippen molar-refractivity contribution in [1.82, 2.24) is 0 Å². The molecule has 13 heavy (non-hydrogen) atoms. The highest BCUT2D eigenvalue weighted by Crippen LogP contribution is 2.24. The van der Waals surface area contributed by atoms with Gasteiger partial charge in [0.2, 0.25) is 0 Å². The topological polar surface area (TPSA) is 136 Å². The predicted octanol–water partition coefficient (Wildman–Crippen LogP) is -3.93. The summed E-state index contributed by atoms with van der Waals surface area (Å²) in [6.07, 6.45) is -6.47. The van der Waals surface area contributed by atoms with Crippen LogP contribution in [0.15, 0.2) is 0 Å². The molecule has 7 N–H and O–H groups in total. The maximum atomic E-state index is 9.36. The molecule has 0 radical (unpaired) electrons. The molecule has 0 saturated carbocycles. The lowest BCUT2D eigenvalue weighted by atomic mass is 9.93. The number of hydrogen-bond acceptors (Lipinski definition) is 7. The molecular formula is C6H13NO6. The number of hydrogen-bond donors (Lipinski definition) is 6. The molecule has 0 amide bonds. The van der Waals surface area contributed by atoms with Crippen molar-refractivity contribution in [2.75, 3.05) is 6.61 Å². The van der Waals surface area contributed by atoms with Gasteiger partial charge >= 0.3 is 0 Å². The smallest absolute Gasteiger partial charge is 0.184 e. The Bertz CT molecular complexity index is 182. The van der Waals surface area contributed by atoms with Crippen LogP contribution >= 0.6 is 0 Å². The summed E-state index contributed by atoms with van der Waals surface area (Å²) in [5.41, 5.74) is 2.91. The van der Waals surface area contributed by atoms with Crippen LogP contribution in [0.5, 0.6) is 0 Å². The third-order valence-corrected chi connectivity index (χ3v) is 2.07. The fourth-order valence-corrected chi connectivity index (χ4v) is 1.17. The fourth-order valence-electron chi connectivity index (χ4n) is 1.17. The van der Waals surface area contributed by atoms with E-state index in [1.54, 1.807) is 0 Å². The van der Waals surface area contributed by atoms with Crippen LogP contribution in [-0.2, 0) is 4.74 Å². The monoisotopic (exact) mass is 195 g/mol. The molecule has 7 nitrogen and oxygen atoms in total. The molecule has 1 aliphatic heterocycles. The van der Waals surface area contributed by atoms with Gasteiger partial charge in [0.25, 0.3) is 0 Å². The minimum absolute atomic E-state index is 0.673. The van der Waals surface area contributed by atoms with E-state index in [2.05, 4.69) is 4.74 Å². The third kappa shape index (κ3) is 1.67. The fraction of sp³-hybridized carbons (Fsp3) is 1.00. The minimum Gasteiger partial charge on any atom is -0.393 e. The molecule has 0 spiro atoms. The van der Waals surface area contributed by atoms with Gasteiger partial charge in [-0.1, -0.05) is 0 Å². The molecule has 0 aromatic carbocycles. The Balaban J connectivity index is 2.82. The first kappa shape index (κ1) is 10.8. The maximum Gasteiger partial charge on any atom is 0.184 e. The van der Waals surface area contributed by atoms with Gasteiger partial charge in [-0.05, 0) is 0 Å². The summed E-state index contributed by atoms with van der Waals surface area (Å²) in [4.78, 5) is 0. The van der Waals surface area contributed by atoms with E-state index in [0.717, 1.165) is 0 Å². The molecule has 1 fully saturated rings. The zero-order valence-electron chi connectivity index (χ0n) is 6.74. The van der Waals surface area contributed by atoms with E-state index in [-0.39, 0.29) is 0 Å². The molecule has 0 aliphatic carbocycles. The zero-order valence-corrected chi connectivity index (χ0v) is 6.74. The SMILES string of the molecule is N[C@]1(O)[C@H](O)[C@@H](O)[C@@H](O)O[C@@H]1CO. The maximum absolute atomic E-state index is 9.36. The second-order valence-electron chi connectivity index (χ2n) is 3.02. The van der Waals surface area contributed by atoms with Gasteiger partial charge in [-0.15, -0.1) is 0 Å². The summed E-state index contributed by atoms with van der Waals surface area (Å²) in [5, 5.41) is 45.3. The van der Waals surface area contributed by atoms with Crippen molar-refractivity contribution >= 4 is 0 Å². The first-order valence-corrected chi connectivity index (χ1v) is 3.73. The molecule has 1 aliphatic rings. The van der Waals surface area contributed by atoms with E-state index in [1.807, 2.05) is 0 Å². The molecule has 0 aromatic heterocycles. The number of nitrogens with two attached hydrogens (primary N) is 1. The van der Waals surface area contributed by atoms with Crippen LogP contribution < -0.4 is 5.73 Å². The van der Waals surface area contributed by atoms with E-state index < -0.39 is 36.9 Å². The summed E-state index contributed by atoms with van der Waals surface area (Å²) in [5.74, 6) is 0. The largest absolute Gasteiger partial charge is 0.393 e. The lowest BCUT2D eigenvalue weighted by molar-refractivity contribution is -0.319. The normalized spacial score (nSPS) is 52.2. The third-order valence-electron chi connectivity index (χ3n) is 2.07. The average Bonchev–Trinajstić information content (AvgIpc) is 2.08. The highest BCUT2D eigenvalue weighted by molar-refractivity contribution is 4.97. The highest BCUT2D eigenvalue weighted by atomic mass is 16.6. The van der Waals surface area contributed by atoms with Crippen LogP contribution in [0.1, 0.15) is 0 Å². The van der Waals surface area contributed by atoms with E-state index in [9.17, 15) is 10.2 Å². The van der Waals surface area contributed by atoms with Gasteiger partial charge in [-0.3, -0.25) is 5.73 Å². The molecule has 0 bridgehead atoms. The Morgan fingerprint density at radius 2 is 1.85 bits per heavy atom. The Labute approximate surface area is 74.0 Å². The number of rotatable bonds is 1. The van der Waals surface area contributed by atoms with E-state index >= 15 is 0 Å². The van der Waals surface area contributed by atoms with Crippen LogP contribution in [0.25, 0.3) is 0 Å². The molecule has 1 rings (SSSR count). The van der Waals surface area contributed by atoms with E-state index in [0.29, 0.717) is 0 Å². The van der Waals surface area contributed by atoms with Crippen molar-refractivity contribution in [3.05, 3.63) is 0 Å². The summed E-state index contributed by atoms with van der Waals surface area (Å²) >= 11 is 0. The first-order valence-electron chi connectivity index (χ1n) is 3.73. The van der Waals surface area contributed by atoms with Gasteiger partial charge in [0.1, 0.15) is 18.3 Å². The lowest BCUT2D eigenvalue weighted by Gasteiger charge is -2.44. The van der Waals surface area contributed by atoms with Gasteiger partial charge in [-0.25, -0.2) is 0 Å². The van der Waals surface area contributed by atoms with Crippen LogP contribution in [-0.4, -0.2) is 62.5 Å². The number of aliphatic hydroxyl groups excluding tert-OH is 4. The quantitative estimate of drug-likeness (QED) is 0.235. The lowest BCUT2D eigenvalue weighted by Crippen LogP contribution is -2.71. The summed E-state index contributed by atoms with van der Waals surface area (Å²) in [6, 6.07) is 0. The number of ether oxygens (including phenoxy) is 1. The summed E-state index contributed by atoms with van der Waals surface area (Å²) in [7, 11) is 0. The molecule has 5 atom stereocenters. The molecule has 0 aromatic rings. The zero-order chi connectivity index (χ0) is 10.2. The van der Waals surface area contributed by atoms with Crippen molar-refractivity contribution < 1.29 is 30.3 Å². The Morgan fingerprint density at radius 1 is 1.31 bits per heavy atom. The van der Waals surface area contributed by atoms with Crippen molar-refractivity contribution in [2.24, 2.45) is 5.73 Å². The van der Waals surface area contributed by atoms with Gasteiger partial charge in [-0.2, -0.15) is 0 Å². The highest BCUT2D eigenvalue weighted by Gasteiger charge is 2.51. The molecule has 78 valence electrons. The average molecular weight is 195 g/mol. The van der Waals surface area contributed by atoms with Crippen molar-refractivity contribution in [2.45, 2.75) is 30.3 Å². The molecule has 7 heteroatoms. The minimum atomic E-state index is -2.27. The molecule has 1 saturated heterocycles. The van der Waals surface area contributed by atoms with Gasteiger partial charge in [0, 0.05) is 0 Å². The summed E-state index contributed by atoms with van der Waals surface area (Å²) in [6.45, 7) is -0.673. The Hall–Kier alpha value is -0.280. The van der Waals surface area contributed by atoms with E-state index in [1.165, 1.54) is 0 Å². The van der Waals surface area contributed by atoms with Crippen molar-refractivity contribution in [3.63, 3.8) is 0 Å². The van der Waals surface area contributed by atoms with Crippen LogP contribution in [0.2, 0.25) is 0 Å².